The highest BCUT2D eigenvalue weighted by Gasteiger charge is 2.29. The van der Waals surface area contributed by atoms with Gasteiger partial charge in [0.25, 0.3) is 0 Å². The number of aromatic nitrogens is 2. The highest BCUT2D eigenvalue weighted by atomic mass is 16.7. The highest BCUT2D eigenvalue weighted by molar-refractivity contribution is 5.43. The van der Waals surface area contributed by atoms with Gasteiger partial charge >= 0.3 is 0 Å². The molecule has 5 heteroatoms. The van der Waals surface area contributed by atoms with Crippen molar-refractivity contribution in [2.75, 3.05) is 11.7 Å². The van der Waals surface area contributed by atoms with Gasteiger partial charge in [0.1, 0.15) is 17.8 Å². The van der Waals surface area contributed by atoms with Crippen LogP contribution in [-0.2, 0) is 4.84 Å². The van der Waals surface area contributed by atoms with Gasteiger partial charge in [-0.15, -0.1) is 0 Å². The van der Waals surface area contributed by atoms with Crippen LogP contribution in [0.25, 0.3) is 0 Å². The van der Waals surface area contributed by atoms with Crippen LogP contribution in [0.15, 0.2) is 67.0 Å². The number of rotatable bonds is 4. The standard InChI is InChI=1S/C20H19N3O2/c1-15-12-20(22-14-21-15)23-19(10-11-24-23)16-6-5-9-18(13-16)25-17-7-3-2-4-8-17/h2-9,12-14,19H,10-11H2,1H3/t19-/m1/s1. The number of ether oxygens (including phenoxy) is 1. The van der Waals surface area contributed by atoms with E-state index in [4.69, 9.17) is 9.57 Å². The van der Waals surface area contributed by atoms with Gasteiger partial charge in [-0.2, -0.15) is 0 Å². The molecule has 0 radical (unpaired) electrons. The van der Waals surface area contributed by atoms with Crippen LogP contribution < -0.4 is 9.80 Å². The van der Waals surface area contributed by atoms with Crippen molar-refractivity contribution in [3.63, 3.8) is 0 Å². The Bertz CT molecular complexity index is 854. The summed E-state index contributed by atoms with van der Waals surface area (Å²) in [6.07, 6.45) is 2.47. The van der Waals surface area contributed by atoms with Gasteiger partial charge in [-0.25, -0.2) is 15.0 Å². The molecule has 5 nitrogen and oxygen atoms in total. The maximum Gasteiger partial charge on any atom is 0.156 e. The summed E-state index contributed by atoms with van der Waals surface area (Å²) >= 11 is 0. The molecular formula is C20H19N3O2. The summed E-state index contributed by atoms with van der Waals surface area (Å²) in [6, 6.07) is 20.0. The topological polar surface area (TPSA) is 47.5 Å². The van der Waals surface area contributed by atoms with Crippen molar-refractivity contribution < 1.29 is 9.57 Å². The zero-order valence-corrected chi connectivity index (χ0v) is 14.0. The van der Waals surface area contributed by atoms with E-state index in [9.17, 15) is 0 Å². The second-order valence-corrected chi connectivity index (χ2v) is 5.97. The number of para-hydroxylation sites is 1. The van der Waals surface area contributed by atoms with Gasteiger partial charge in [0, 0.05) is 18.2 Å². The summed E-state index contributed by atoms with van der Waals surface area (Å²) in [7, 11) is 0. The Hall–Kier alpha value is -2.92. The van der Waals surface area contributed by atoms with Crippen molar-refractivity contribution in [2.24, 2.45) is 0 Å². The van der Waals surface area contributed by atoms with E-state index in [0.29, 0.717) is 6.61 Å². The van der Waals surface area contributed by atoms with Crippen molar-refractivity contribution in [3.8, 4) is 11.5 Å². The number of nitrogens with zero attached hydrogens (tertiary/aromatic N) is 3. The molecule has 1 fully saturated rings. The largest absolute Gasteiger partial charge is 0.457 e. The number of hydrogen-bond acceptors (Lipinski definition) is 5. The summed E-state index contributed by atoms with van der Waals surface area (Å²) in [5.74, 6) is 2.42. The smallest absolute Gasteiger partial charge is 0.156 e. The maximum atomic E-state index is 5.95. The minimum atomic E-state index is 0.105. The fourth-order valence-corrected chi connectivity index (χ4v) is 2.97. The lowest BCUT2D eigenvalue weighted by Gasteiger charge is -2.24. The predicted octanol–water partition coefficient (Wildman–Crippen LogP) is 4.46. The van der Waals surface area contributed by atoms with Crippen molar-refractivity contribution in [1.29, 1.82) is 0 Å². The van der Waals surface area contributed by atoms with Crippen LogP contribution in [0, 0.1) is 6.92 Å². The number of hydroxylamine groups is 1. The lowest BCUT2D eigenvalue weighted by molar-refractivity contribution is 0.156. The average molecular weight is 333 g/mol. The molecule has 2 aromatic carbocycles. The third-order valence-electron chi connectivity index (χ3n) is 4.14. The van der Waals surface area contributed by atoms with Crippen molar-refractivity contribution in [2.45, 2.75) is 19.4 Å². The molecule has 1 aliphatic heterocycles. The Morgan fingerprint density at radius 2 is 1.84 bits per heavy atom. The van der Waals surface area contributed by atoms with Gasteiger partial charge in [0.15, 0.2) is 5.82 Å². The first-order valence-corrected chi connectivity index (χ1v) is 8.33. The van der Waals surface area contributed by atoms with Crippen molar-refractivity contribution in [3.05, 3.63) is 78.2 Å². The van der Waals surface area contributed by atoms with Crippen LogP contribution in [-0.4, -0.2) is 16.6 Å². The number of hydrogen-bond donors (Lipinski definition) is 0. The Balaban J connectivity index is 1.59. The molecule has 0 saturated carbocycles. The Morgan fingerprint density at radius 1 is 1.00 bits per heavy atom. The molecular weight excluding hydrogens is 314 g/mol. The van der Waals surface area contributed by atoms with Crippen LogP contribution in [0.2, 0.25) is 0 Å². The predicted molar refractivity (Wildman–Crippen MR) is 95.5 cm³/mol. The summed E-state index contributed by atoms with van der Waals surface area (Å²) in [4.78, 5) is 14.3. The van der Waals surface area contributed by atoms with E-state index >= 15 is 0 Å². The van der Waals surface area contributed by atoms with Gasteiger partial charge in [-0.3, -0.25) is 4.84 Å². The fourth-order valence-electron chi connectivity index (χ4n) is 2.97. The molecule has 0 N–H and O–H groups in total. The average Bonchev–Trinajstić information content (AvgIpc) is 3.13. The second kappa shape index (κ2) is 6.91. The molecule has 0 bridgehead atoms. The molecule has 0 unspecified atom stereocenters. The highest BCUT2D eigenvalue weighted by Crippen LogP contribution is 2.35. The Labute approximate surface area is 146 Å². The first-order valence-electron chi connectivity index (χ1n) is 8.33. The van der Waals surface area contributed by atoms with Crippen molar-refractivity contribution in [1.82, 2.24) is 9.97 Å². The van der Waals surface area contributed by atoms with Gasteiger partial charge in [-0.05, 0) is 36.8 Å². The van der Waals surface area contributed by atoms with Gasteiger partial charge in [-0.1, -0.05) is 30.3 Å². The van der Waals surface area contributed by atoms with E-state index < -0.39 is 0 Å². The van der Waals surface area contributed by atoms with E-state index in [2.05, 4.69) is 22.1 Å². The van der Waals surface area contributed by atoms with Gasteiger partial charge in [0.2, 0.25) is 0 Å². The van der Waals surface area contributed by atoms with Crippen LogP contribution in [0.5, 0.6) is 11.5 Å². The summed E-state index contributed by atoms with van der Waals surface area (Å²) < 4.78 is 5.95. The lowest BCUT2D eigenvalue weighted by atomic mass is 10.0. The molecule has 1 saturated heterocycles. The molecule has 1 aromatic heterocycles. The zero-order chi connectivity index (χ0) is 17.1. The quantitative estimate of drug-likeness (QED) is 0.705. The first-order chi connectivity index (χ1) is 12.3. The normalized spacial score (nSPS) is 16.8. The number of aryl methyl sites for hydroxylation is 1. The summed E-state index contributed by atoms with van der Waals surface area (Å²) in [5.41, 5.74) is 2.06. The molecule has 3 aromatic rings. The third kappa shape index (κ3) is 3.46. The monoisotopic (exact) mass is 333 g/mol. The first kappa shape index (κ1) is 15.6. The zero-order valence-electron chi connectivity index (χ0n) is 14.0. The van der Waals surface area contributed by atoms with Crippen molar-refractivity contribution >= 4 is 5.82 Å². The molecule has 1 atom stereocenters. The van der Waals surface area contributed by atoms with E-state index in [1.807, 2.05) is 60.5 Å². The summed E-state index contributed by atoms with van der Waals surface area (Å²) in [5, 5.41) is 1.87. The number of anilines is 1. The molecule has 4 rings (SSSR count). The molecule has 0 spiro atoms. The van der Waals surface area contributed by atoms with Crippen LogP contribution in [0.3, 0.4) is 0 Å². The molecule has 0 amide bonds. The number of benzene rings is 2. The van der Waals surface area contributed by atoms with E-state index in [1.165, 1.54) is 0 Å². The van der Waals surface area contributed by atoms with Gasteiger partial charge in [0.05, 0.1) is 12.6 Å². The molecule has 126 valence electrons. The van der Waals surface area contributed by atoms with Crippen LogP contribution in [0.4, 0.5) is 5.82 Å². The van der Waals surface area contributed by atoms with E-state index in [0.717, 1.165) is 35.0 Å². The van der Waals surface area contributed by atoms with Crippen LogP contribution in [0.1, 0.15) is 23.7 Å². The van der Waals surface area contributed by atoms with Crippen LogP contribution >= 0.6 is 0 Å². The fraction of sp³-hybridized carbons (Fsp3) is 0.200. The summed E-state index contributed by atoms with van der Waals surface area (Å²) in [6.45, 7) is 2.61. The van der Waals surface area contributed by atoms with E-state index in [1.54, 1.807) is 6.33 Å². The minimum Gasteiger partial charge on any atom is -0.457 e. The maximum absolute atomic E-state index is 5.95. The molecule has 1 aliphatic rings. The molecule has 0 aliphatic carbocycles. The Morgan fingerprint density at radius 3 is 2.68 bits per heavy atom. The third-order valence-corrected chi connectivity index (χ3v) is 4.14. The molecule has 2 heterocycles. The Kier molecular flexibility index (Phi) is 4.31. The van der Waals surface area contributed by atoms with Gasteiger partial charge < -0.3 is 4.74 Å². The molecule has 25 heavy (non-hydrogen) atoms. The minimum absolute atomic E-state index is 0.105. The van der Waals surface area contributed by atoms with E-state index in [-0.39, 0.29) is 6.04 Å². The lowest BCUT2D eigenvalue weighted by Crippen LogP contribution is -2.22. The SMILES string of the molecule is Cc1cc(N2OCC[C@@H]2c2cccc(Oc3ccccc3)c2)ncn1. The second-order valence-electron chi connectivity index (χ2n) is 5.97.